The standard InChI is InChI=1S/C46H64N14O12S2/c47-35(62)15-14-29-40(67)58-32(22-36(48)63)43(70)59-33(45(72)60-18-5-9-34(60)44(71)56-28(8-4-17-52-46(50)51)39(66)53-23-37(49)64)24-74-73-19-16-38(65)54-30(21-26-10-12-27(61)13-11-26)41(68)57-31(42(69)55-29)20-25-6-2-1-3-7-25/h1-3,6-7,10-13,28-34,61H,4-5,8-9,14-24H2,(H2,47,62)(H2,48,63)(H2,49,64)(H,53,66)(H,54,65)(H,55,69)(H,56,71)(H,57,68)(H,58,67)(H,59,70)(H4,50,51,52)/t28-,29+,30+,31+,32+,33+,34?/m1/s1. The number of hydrogen-bond acceptors (Lipinski definition) is 15. The van der Waals surface area contributed by atoms with Gasteiger partial charge in [0.1, 0.15) is 48.0 Å². The summed E-state index contributed by atoms with van der Waals surface area (Å²) >= 11 is 0. The van der Waals surface area contributed by atoms with Crippen LogP contribution in [0.15, 0.2) is 59.6 Å². The Morgan fingerprint density at radius 2 is 1.34 bits per heavy atom. The summed E-state index contributed by atoms with van der Waals surface area (Å²) in [7, 11) is 2.19. The van der Waals surface area contributed by atoms with E-state index in [1.54, 1.807) is 42.5 Å². The molecule has 2 aliphatic rings. The van der Waals surface area contributed by atoms with Gasteiger partial charge in [0.2, 0.25) is 65.0 Å². The van der Waals surface area contributed by atoms with Gasteiger partial charge >= 0.3 is 0 Å². The van der Waals surface area contributed by atoms with Crippen molar-refractivity contribution in [3.63, 3.8) is 0 Å². The number of benzene rings is 2. The summed E-state index contributed by atoms with van der Waals surface area (Å²) in [4.78, 5) is 153. The molecule has 2 fully saturated rings. The number of nitrogens with one attached hydrogen (secondary N) is 7. The van der Waals surface area contributed by atoms with Crippen LogP contribution in [0, 0.1) is 0 Å². The Hall–Kier alpha value is -7.62. The Morgan fingerprint density at radius 3 is 1.97 bits per heavy atom. The average Bonchev–Trinajstić information content (AvgIpc) is 3.85. The Morgan fingerprint density at radius 1 is 0.730 bits per heavy atom. The molecule has 2 aromatic rings. The molecule has 2 aromatic carbocycles. The van der Waals surface area contributed by atoms with Crippen LogP contribution in [0.3, 0.4) is 0 Å². The molecule has 2 aliphatic heterocycles. The van der Waals surface area contributed by atoms with Crippen molar-refractivity contribution in [3.05, 3.63) is 65.7 Å². The summed E-state index contributed by atoms with van der Waals surface area (Å²) in [5.41, 5.74) is 28.1. The van der Waals surface area contributed by atoms with Crippen LogP contribution in [0.5, 0.6) is 5.75 Å². The number of aliphatic imine (C=N–C) groups is 1. The third kappa shape index (κ3) is 20.1. The minimum absolute atomic E-state index is 0.0128. The molecule has 18 N–H and O–H groups in total. The summed E-state index contributed by atoms with van der Waals surface area (Å²) in [6, 6.07) is 4.52. The van der Waals surface area contributed by atoms with E-state index in [1.165, 1.54) is 17.0 Å². The monoisotopic (exact) mass is 1070 g/mol. The van der Waals surface area contributed by atoms with Gasteiger partial charge in [0, 0.05) is 50.3 Å². The zero-order chi connectivity index (χ0) is 54.3. The fraction of sp³-hybridized carbons (Fsp3) is 0.478. The number of amides is 11. The van der Waals surface area contributed by atoms with E-state index in [9.17, 15) is 57.8 Å². The third-order valence-corrected chi connectivity index (χ3v) is 13.9. The molecule has 28 heteroatoms. The fourth-order valence-electron chi connectivity index (χ4n) is 7.78. The first-order chi connectivity index (χ1) is 35.2. The molecular weight excluding hydrogens is 1000 g/mol. The van der Waals surface area contributed by atoms with Crippen LogP contribution in [0.25, 0.3) is 0 Å². The smallest absolute Gasteiger partial charge is 0.246 e. The fourth-order valence-corrected chi connectivity index (χ4v) is 9.93. The molecule has 402 valence electrons. The van der Waals surface area contributed by atoms with Gasteiger partial charge in [-0.05, 0) is 55.4 Å². The molecule has 2 heterocycles. The molecule has 0 bridgehead atoms. The average molecular weight is 1070 g/mol. The molecule has 74 heavy (non-hydrogen) atoms. The lowest BCUT2D eigenvalue weighted by atomic mass is 10.0. The van der Waals surface area contributed by atoms with Crippen molar-refractivity contribution in [1.82, 2.24) is 42.1 Å². The van der Waals surface area contributed by atoms with Gasteiger partial charge in [-0.25, -0.2) is 0 Å². The normalized spacial score (nSPS) is 21.7. The van der Waals surface area contributed by atoms with Gasteiger partial charge in [-0.2, -0.15) is 0 Å². The first kappa shape index (κ1) is 58.9. The zero-order valence-electron chi connectivity index (χ0n) is 40.4. The number of phenolic OH excluding ortho intramolecular Hbond substituents is 1. The molecule has 11 amide bonds. The zero-order valence-corrected chi connectivity index (χ0v) is 42.0. The lowest BCUT2D eigenvalue weighted by Gasteiger charge is -2.31. The molecule has 2 saturated heterocycles. The van der Waals surface area contributed by atoms with Gasteiger partial charge in [-0.3, -0.25) is 57.7 Å². The van der Waals surface area contributed by atoms with Crippen LogP contribution in [0.4, 0.5) is 0 Å². The number of aromatic hydroxyl groups is 1. The number of rotatable bonds is 19. The second-order valence-electron chi connectivity index (χ2n) is 17.3. The van der Waals surface area contributed by atoms with Gasteiger partial charge < -0.3 is 75.9 Å². The summed E-state index contributed by atoms with van der Waals surface area (Å²) in [6.45, 7) is -0.402. The molecule has 0 radical (unpaired) electrons. The lowest BCUT2D eigenvalue weighted by molar-refractivity contribution is -0.142. The van der Waals surface area contributed by atoms with Crippen LogP contribution in [-0.2, 0) is 65.6 Å². The molecule has 0 aromatic heterocycles. The number of primary amides is 3. The van der Waals surface area contributed by atoms with E-state index in [1.807, 2.05) is 0 Å². The van der Waals surface area contributed by atoms with Crippen molar-refractivity contribution in [2.75, 3.05) is 31.1 Å². The number of nitrogens with two attached hydrogens (primary N) is 5. The molecule has 0 spiro atoms. The van der Waals surface area contributed by atoms with Gasteiger partial charge in [0.05, 0.1) is 13.0 Å². The number of hydrogen-bond donors (Lipinski definition) is 13. The summed E-state index contributed by atoms with van der Waals surface area (Å²) < 4.78 is 0. The van der Waals surface area contributed by atoms with Gasteiger partial charge in [-0.15, -0.1) is 0 Å². The Bertz CT molecular complexity index is 2380. The Balaban J connectivity index is 1.68. The quantitative estimate of drug-likeness (QED) is 0.0274. The van der Waals surface area contributed by atoms with Gasteiger partial charge in [0.15, 0.2) is 5.96 Å². The van der Waals surface area contributed by atoms with Crippen LogP contribution < -0.4 is 65.9 Å². The van der Waals surface area contributed by atoms with Gasteiger partial charge in [-0.1, -0.05) is 64.1 Å². The van der Waals surface area contributed by atoms with E-state index in [2.05, 4.69) is 42.2 Å². The van der Waals surface area contributed by atoms with E-state index in [4.69, 9.17) is 28.7 Å². The number of likely N-dealkylation sites (tertiary alicyclic amines) is 1. The van der Waals surface area contributed by atoms with Crippen molar-refractivity contribution in [2.24, 2.45) is 33.7 Å². The summed E-state index contributed by atoms with van der Waals surface area (Å²) in [5.74, 6) is -9.75. The maximum absolute atomic E-state index is 14.6. The maximum Gasteiger partial charge on any atom is 0.246 e. The van der Waals surface area contributed by atoms with E-state index in [0.29, 0.717) is 17.5 Å². The van der Waals surface area contributed by atoms with E-state index >= 15 is 0 Å². The summed E-state index contributed by atoms with van der Waals surface area (Å²) in [5, 5.41) is 27.8. The van der Waals surface area contributed by atoms with Crippen LogP contribution in [0.1, 0.15) is 62.5 Å². The first-order valence-electron chi connectivity index (χ1n) is 23.6. The lowest BCUT2D eigenvalue weighted by Crippen LogP contribution is -2.61. The minimum Gasteiger partial charge on any atom is -0.508 e. The second-order valence-corrected chi connectivity index (χ2v) is 20.0. The highest BCUT2D eigenvalue weighted by Crippen LogP contribution is 2.26. The van der Waals surface area contributed by atoms with Crippen LogP contribution >= 0.6 is 21.6 Å². The summed E-state index contributed by atoms with van der Waals surface area (Å²) in [6.07, 6.45) is -1.34. The number of guanidine groups is 1. The SMILES string of the molecule is NC(=O)CC[C@@H]1NC(=O)[C@H](Cc2ccccc2)NC(=O)[C@H](Cc2ccc(O)cc2)NC(=O)CCSSC[C@@H](C(=O)N2CCCC2C(=O)N[C@H](CCCN=C(N)N)C(=O)NCC(N)=O)NC(=O)[C@H](CC(N)=O)NC1=O. The second kappa shape index (κ2) is 29.8. The molecule has 4 rings (SSSR count). The number of nitrogens with zero attached hydrogens (tertiary/aromatic N) is 2. The highest BCUT2D eigenvalue weighted by atomic mass is 33.1. The van der Waals surface area contributed by atoms with Crippen LogP contribution in [0.2, 0.25) is 0 Å². The van der Waals surface area contributed by atoms with E-state index < -0.39 is 133 Å². The highest BCUT2D eigenvalue weighted by Gasteiger charge is 2.40. The van der Waals surface area contributed by atoms with Crippen molar-refractivity contribution in [2.45, 2.75) is 107 Å². The van der Waals surface area contributed by atoms with E-state index in [0.717, 1.165) is 21.6 Å². The minimum atomic E-state index is -1.77. The Labute approximate surface area is 433 Å². The molecule has 0 aliphatic carbocycles. The highest BCUT2D eigenvalue weighted by molar-refractivity contribution is 8.76. The Kier molecular flexibility index (Phi) is 23.7. The predicted molar refractivity (Wildman–Crippen MR) is 272 cm³/mol. The predicted octanol–water partition coefficient (Wildman–Crippen LogP) is -4.34. The number of phenols is 1. The largest absolute Gasteiger partial charge is 0.508 e. The topological polar surface area (TPSA) is 438 Å². The number of carbonyl (C=O) groups excluding carboxylic acids is 11. The first-order valence-corrected chi connectivity index (χ1v) is 26.0. The molecular formula is C46H64N14O12S2. The van der Waals surface area contributed by atoms with Crippen molar-refractivity contribution in [1.29, 1.82) is 0 Å². The van der Waals surface area contributed by atoms with Crippen molar-refractivity contribution < 1.29 is 57.8 Å². The van der Waals surface area contributed by atoms with Gasteiger partial charge in [0.25, 0.3) is 0 Å². The van der Waals surface area contributed by atoms with Crippen LogP contribution in [-0.4, -0.2) is 154 Å². The molecule has 0 saturated carbocycles. The molecule has 7 atom stereocenters. The van der Waals surface area contributed by atoms with Crippen molar-refractivity contribution >= 4 is 92.5 Å². The maximum atomic E-state index is 14.6. The third-order valence-electron chi connectivity index (χ3n) is 11.5. The molecule has 1 unspecified atom stereocenters. The number of carbonyl (C=O) groups is 11. The molecule has 26 nitrogen and oxygen atoms in total. The van der Waals surface area contributed by atoms with Crippen molar-refractivity contribution in [3.8, 4) is 5.75 Å². The van der Waals surface area contributed by atoms with E-state index in [-0.39, 0.29) is 74.8 Å².